The van der Waals surface area contributed by atoms with Gasteiger partial charge in [-0.3, -0.25) is 0 Å². The molecule has 0 aliphatic rings. The molecule has 0 saturated heterocycles. The fourth-order valence-electron chi connectivity index (χ4n) is 0.470. The standard InChI is InChI=1S/C7H7.Ce/c1-7-5-3-2-4-6-7;/h3-6H,1H3;/q-1;. The van der Waals surface area contributed by atoms with E-state index in [1.54, 1.807) is 0 Å². The molecule has 0 bridgehead atoms. The molecule has 1 aromatic rings. The van der Waals surface area contributed by atoms with Crippen LogP contribution < -0.4 is 0 Å². The minimum absolute atomic E-state index is 0. The molecule has 0 nitrogen and oxygen atoms in total. The first-order valence-corrected chi connectivity index (χ1v) is 2.32. The number of hydrogen-bond acceptors (Lipinski definition) is 0. The topological polar surface area (TPSA) is 0 Å². The third kappa shape index (κ3) is 2.80. The van der Waals surface area contributed by atoms with Crippen LogP contribution in [0, 0.1) is 54.7 Å². The third-order valence-electron chi connectivity index (χ3n) is 0.885. The summed E-state index contributed by atoms with van der Waals surface area (Å²) in [6.07, 6.45) is 0. The van der Waals surface area contributed by atoms with Crippen molar-refractivity contribution in [3.05, 3.63) is 35.9 Å². The minimum Gasteiger partial charge on any atom is -0.184 e. The second-order valence-electron chi connectivity index (χ2n) is 1.58. The van der Waals surface area contributed by atoms with Crippen LogP contribution in [-0.2, 0) is 0 Å². The number of aryl methyl sites for hydroxylation is 1. The van der Waals surface area contributed by atoms with Crippen LogP contribution in [0.15, 0.2) is 24.3 Å². The van der Waals surface area contributed by atoms with E-state index >= 15 is 0 Å². The predicted octanol–water partition coefficient (Wildman–Crippen LogP) is 1.80. The van der Waals surface area contributed by atoms with E-state index in [2.05, 4.69) is 13.0 Å². The van der Waals surface area contributed by atoms with Crippen molar-refractivity contribution in [1.29, 1.82) is 0 Å². The molecule has 0 radical (unpaired) electrons. The molecule has 0 fully saturated rings. The smallest absolute Gasteiger partial charge is 0 e. The molecule has 0 heterocycles. The number of benzene rings is 1. The first kappa shape index (κ1) is 8.60. The van der Waals surface area contributed by atoms with Gasteiger partial charge in [-0.15, -0.1) is 0 Å². The summed E-state index contributed by atoms with van der Waals surface area (Å²) < 4.78 is 0. The van der Waals surface area contributed by atoms with Crippen LogP contribution in [0.5, 0.6) is 0 Å². The maximum absolute atomic E-state index is 2.93. The average molecular weight is 231 g/mol. The molecule has 0 unspecified atom stereocenters. The Kier molecular flexibility index (Phi) is 4.81. The summed E-state index contributed by atoms with van der Waals surface area (Å²) in [6.45, 7) is 2.06. The largest absolute Gasteiger partial charge is 0.184 e. The van der Waals surface area contributed by atoms with Crippen LogP contribution >= 0.6 is 0 Å². The molecule has 1 heteroatoms. The molecular formula is C7H7Ce-. The quantitative estimate of drug-likeness (QED) is 0.597. The maximum atomic E-state index is 2.93. The molecule has 0 atom stereocenters. The van der Waals surface area contributed by atoms with Gasteiger partial charge in [0.25, 0.3) is 0 Å². The second kappa shape index (κ2) is 4.47. The fraction of sp³-hybridized carbons (Fsp3) is 0.143. The van der Waals surface area contributed by atoms with Gasteiger partial charge in [-0.25, -0.2) is 0 Å². The van der Waals surface area contributed by atoms with Crippen LogP contribution in [0.1, 0.15) is 5.56 Å². The molecule has 40 valence electrons. The Bertz CT molecular complexity index is 134. The van der Waals surface area contributed by atoms with Crippen molar-refractivity contribution in [1.82, 2.24) is 0 Å². The molecule has 1 aromatic carbocycles. The monoisotopic (exact) mass is 231 g/mol. The van der Waals surface area contributed by atoms with E-state index in [4.69, 9.17) is 0 Å². The van der Waals surface area contributed by atoms with Crippen LogP contribution in [0.3, 0.4) is 0 Å². The summed E-state index contributed by atoms with van der Waals surface area (Å²) in [6, 6.07) is 10.8. The first-order chi connectivity index (χ1) is 3.39. The van der Waals surface area contributed by atoms with Gasteiger partial charge in [-0.2, -0.15) is 35.9 Å². The van der Waals surface area contributed by atoms with E-state index in [-0.39, 0.29) is 41.7 Å². The van der Waals surface area contributed by atoms with Gasteiger partial charge < -0.3 is 0 Å². The number of rotatable bonds is 0. The molecule has 0 spiro atoms. The average Bonchev–Trinajstić information content (AvgIpc) is 1.69. The van der Waals surface area contributed by atoms with Gasteiger partial charge in [0.15, 0.2) is 0 Å². The van der Waals surface area contributed by atoms with E-state index in [0.717, 1.165) is 0 Å². The summed E-state index contributed by atoms with van der Waals surface area (Å²) in [5, 5.41) is 0. The molecule has 0 saturated carbocycles. The van der Waals surface area contributed by atoms with Crippen molar-refractivity contribution in [2.45, 2.75) is 6.92 Å². The molecule has 0 aliphatic heterocycles. The number of hydrogen-bond donors (Lipinski definition) is 0. The summed E-state index contributed by atoms with van der Waals surface area (Å²) in [5.74, 6) is 0. The molecule has 1 rings (SSSR count). The Morgan fingerprint density at radius 1 is 1.25 bits per heavy atom. The van der Waals surface area contributed by atoms with E-state index in [9.17, 15) is 0 Å². The normalized spacial score (nSPS) is 7.62. The van der Waals surface area contributed by atoms with Crippen molar-refractivity contribution in [3.8, 4) is 0 Å². The van der Waals surface area contributed by atoms with Gasteiger partial charge in [0.1, 0.15) is 0 Å². The maximum Gasteiger partial charge on any atom is 0 e. The Morgan fingerprint density at radius 2 is 1.75 bits per heavy atom. The van der Waals surface area contributed by atoms with Crippen molar-refractivity contribution >= 4 is 0 Å². The first-order valence-electron chi connectivity index (χ1n) is 2.32. The summed E-state index contributed by atoms with van der Waals surface area (Å²) >= 11 is 0. The van der Waals surface area contributed by atoms with Crippen LogP contribution in [-0.4, -0.2) is 0 Å². The van der Waals surface area contributed by atoms with Crippen molar-refractivity contribution in [2.24, 2.45) is 0 Å². The van der Waals surface area contributed by atoms with Crippen LogP contribution in [0.4, 0.5) is 0 Å². The summed E-state index contributed by atoms with van der Waals surface area (Å²) in [7, 11) is 0. The SMILES string of the molecule is Cc1cc[c-]cc1.[Ce]. The molecular weight excluding hydrogens is 224 g/mol. The van der Waals surface area contributed by atoms with Gasteiger partial charge in [-0.1, -0.05) is 6.92 Å². The van der Waals surface area contributed by atoms with Gasteiger partial charge in [-0.05, 0) is 0 Å². The third-order valence-corrected chi connectivity index (χ3v) is 0.885. The second-order valence-corrected chi connectivity index (χ2v) is 1.58. The Labute approximate surface area is 83.7 Å². The van der Waals surface area contributed by atoms with Crippen molar-refractivity contribution in [2.75, 3.05) is 0 Å². The van der Waals surface area contributed by atoms with Crippen LogP contribution in [0.2, 0.25) is 0 Å². The zero-order valence-electron chi connectivity index (χ0n) is 4.81. The molecule has 0 aromatic heterocycles. The zero-order valence-corrected chi connectivity index (χ0v) is 7.95. The minimum atomic E-state index is 0. The predicted molar refractivity (Wildman–Crippen MR) is 30.0 cm³/mol. The van der Waals surface area contributed by atoms with E-state index in [1.807, 2.05) is 24.3 Å². The van der Waals surface area contributed by atoms with Gasteiger partial charge in [0.2, 0.25) is 0 Å². The van der Waals surface area contributed by atoms with Crippen molar-refractivity contribution < 1.29 is 41.7 Å². The molecule has 0 aliphatic carbocycles. The van der Waals surface area contributed by atoms with Gasteiger partial charge in [0, 0.05) is 41.7 Å². The molecule has 0 N–H and O–H groups in total. The molecule has 0 amide bonds. The van der Waals surface area contributed by atoms with Gasteiger partial charge >= 0.3 is 0 Å². The summed E-state index contributed by atoms with van der Waals surface area (Å²) in [5.41, 5.74) is 1.29. The van der Waals surface area contributed by atoms with Gasteiger partial charge in [0.05, 0.1) is 0 Å². The Hall–Kier alpha value is 0.597. The van der Waals surface area contributed by atoms with Crippen LogP contribution in [0.25, 0.3) is 0 Å². The van der Waals surface area contributed by atoms with E-state index < -0.39 is 0 Å². The summed E-state index contributed by atoms with van der Waals surface area (Å²) in [4.78, 5) is 0. The molecule has 8 heavy (non-hydrogen) atoms. The Balaban J connectivity index is 0.000000490. The van der Waals surface area contributed by atoms with Crippen molar-refractivity contribution in [3.63, 3.8) is 0 Å². The zero-order chi connectivity index (χ0) is 5.11. The van der Waals surface area contributed by atoms with E-state index in [0.29, 0.717) is 0 Å². The van der Waals surface area contributed by atoms with E-state index in [1.165, 1.54) is 5.56 Å². The Morgan fingerprint density at radius 3 is 2.00 bits per heavy atom. The fourth-order valence-corrected chi connectivity index (χ4v) is 0.470.